The number of nitrogens with one attached hydrogen (secondary N) is 1. The Labute approximate surface area is 227 Å². The Morgan fingerprint density at radius 2 is 1.90 bits per heavy atom. The van der Waals surface area contributed by atoms with Crippen LogP contribution in [0, 0.1) is 13.8 Å². The fraction of sp³-hybridized carbons (Fsp3) is 0.367. The third-order valence-electron chi connectivity index (χ3n) is 7.90. The monoisotopic (exact) mass is 532 g/mol. The van der Waals surface area contributed by atoms with E-state index in [2.05, 4.69) is 18.5 Å². The molecule has 0 radical (unpaired) electrons. The van der Waals surface area contributed by atoms with E-state index in [1.807, 2.05) is 24.8 Å². The van der Waals surface area contributed by atoms with Crippen LogP contribution in [0.15, 0.2) is 37.1 Å². The van der Waals surface area contributed by atoms with Crippen molar-refractivity contribution in [3.05, 3.63) is 70.5 Å². The third kappa shape index (κ3) is 3.71. The minimum atomic E-state index is -0.484. The van der Waals surface area contributed by atoms with E-state index in [-0.39, 0.29) is 31.1 Å². The van der Waals surface area contributed by atoms with Crippen molar-refractivity contribution in [3.63, 3.8) is 0 Å². The number of hydrogen-bond donors (Lipinski definition) is 2. The lowest BCUT2D eigenvalue weighted by molar-refractivity contribution is -0.138. The van der Waals surface area contributed by atoms with Crippen molar-refractivity contribution >= 4 is 12.0 Å². The fourth-order valence-corrected chi connectivity index (χ4v) is 6.37. The molecule has 1 amide bonds. The maximum Gasteiger partial charge on any atom is 0.244 e. The second kappa shape index (κ2) is 9.66. The van der Waals surface area contributed by atoms with Crippen molar-refractivity contribution in [2.45, 2.75) is 38.4 Å². The zero-order valence-corrected chi connectivity index (χ0v) is 22.3. The van der Waals surface area contributed by atoms with E-state index in [1.54, 1.807) is 25.3 Å². The van der Waals surface area contributed by atoms with E-state index < -0.39 is 12.1 Å². The van der Waals surface area contributed by atoms with Gasteiger partial charge in [-0.2, -0.15) is 0 Å². The Balaban J connectivity index is 1.61. The van der Waals surface area contributed by atoms with Gasteiger partial charge in [-0.3, -0.25) is 10.1 Å². The van der Waals surface area contributed by atoms with Crippen LogP contribution in [0.2, 0.25) is 0 Å². The van der Waals surface area contributed by atoms with Crippen LogP contribution in [0.25, 0.3) is 6.08 Å². The molecule has 0 saturated carbocycles. The Hall–Kier alpha value is -3.95. The second-order valence-corrected chi connectivity index (χ2v) is 10.0. The molecular weight excluding hydrogens is 500 g/mol. The molecule has 9 heteroatoms. The molecular formula is C30H32N2O7. The van der Waals surface area contributed by atoms with Crippen LogP contribution in [-0.2, 0) is 16.0 Å². The smallest absolute Gasteiger partial charge is 0.244 e. The number of fused-ring (bicyclic) bond motifs is 9. The summed E-state index contributed by atoms with van der Waals surface area (Å²) in [7, 11) is 1.54. The lowest BCUT2D eigenvalue weighted by atomic mass is 9.78. The summed E-state index contributed by atoms with van der Waals surface area (Å²) in [5.74, 6) is 2.30. The highest BCUT2D eigenvalue weighted by atomic mass is 16.7. The number of benzene rings is 2. The van der Waals surface area contributed by atoms with Gasteiger partial charge >= 0.3 is 0 Å². The number of amides is 1. The molecule has 4 aliphatic rings. The Bertz CT molecular complexity index is 1430. The second-order valence-electron chi connectivity index (χ2n) is 10.0. The molecule has 39 heavy (non-hydrogen) atoms. The summed E-state index contributed by atoms with van der Waals surface area (Å²) in [5, 5.41) is 14.2. The minimum absolute atomic E-state index is 0.0696. The molecule has 6 rings (SSSR count). The van der Waals surface area contributed by atoms with Gasteiger partial charge in [0.2, 0.25) is 12.7 Å². The lowest BCUT2D eigenvalue weighted by Gasteiger charge is -2.50. The zero-order chi connectivity index (χ0) is 27.4. The first-order valence-corrected chi connectivity index (χ1v) is 13.0. The predicted octanol–water partition coefficient (Wildman–Crippen LogP) is 4.01. The fourth-order valence-electron chi connectivity index (χ4n) is 6.37. The topological polar surface area (TPSA) is 98.7 Å². The van der Waals surface area contributed by atoms with Gasteiger partial charge in [-0.1, -0.05) is 18.7 Å². The summed E-state index contributed by atoms with van der Waals surface area (Å²) >= 11 is 0. The Morgan fingerprint density at radius 3 is 2.64 bits per heavy atom. The molecule has 4 heterocycles. The molecule has 9 nitrogen and oxygen atoms in total. The van der Waals surface area contributed by atoms with Crippen LogP contribution in [-0.4, -0.2) is 55.7 Å². The maximum absolute atomic E-state index is 14.1. The SMILES string of the molecule is C=CCOC[C@H]1c2c(c(OCC=C)c(C)c3c2OCO3)C=C2[C@@H]3N[C@@H](Cc4cc(O)c(OC)c(C)c43)C(=O)N21. The number of carbonyl (C=O) groups excluding carboxylic acids is 1. The van der Waals surface area contributed by atoms with Gasteiger partial charge < -0.3 is 33.7 Å². The summed E-state index contributed by atoms with van der Waals surface area (Å²) < 4.78 is 29.6. The van der Waals surface area contributed by atoms with Gasteiger partial charge in [-0.05, 0) is 43.5 Å². The first-order chi connectivity index (χ1) is 18.9. The number of ether oxygens (including phenoxy) is 5. The molecule has 204 valence electrons. The van der Waals surface area contributed by atoms with Gasteiger partial charge in [0.1, 0.15) is 12.4 Å². The largest absolute Gasteiger partial charge is 0.504 e. The van der Waals surface area contributed by atoms with Crippen LogP contribution in [0.1, 0.15) is 45.5 Å². The number of methoxy groups -OCH3 is 1. The first-order valence-electron chi connectivity index (χ1n) is 13.0. The Kier molecular flexibility index (Phi) is 6.28. The van der Waals surface area contributed by atoms with Gasteiger partial charge in [-0.25, -0.2) is 0 Å². The number of phenols is 1. The van der Waals surface area contributed by atoms with E-state index in [0.717, 1.165) is 39.1 Å². The van der Waals surface area contributed by atoms with Crippen LogP contribution in [0.5, 0.6) is 28.7 Å². The highest BCUT2D eigenvalue weighted by Gasteiger charge is 2.50. The minimum Gasteiger partial charge on any atom is -0.504 e. The number of aromatic hydroxyl groups is 1. The zero-order valence-electron chi connectivity index (χ0n) is 22.3. The van der Waals surface area contributed by atoms with Gasteiger partial charge in [0.05, 0.1) is 38.4 Å². The van der Waals surface area contributed by atoms with E-state index in [0.29, 0.717) is 42.6 Å². The number of piperazine rings is 1. The summed E-state index contributed by atoms with van der Waals surface area (Å²) in [6.45, 7) is 12.4. The van der Waals surface area contributed by atoms with E-state index >= 15 is 0 Å². The highest BCUT2D eigenvalue weighted by molar-refractivity contribution is 5.91. The summed E-state index contributed by atoms with van der Waals surface area (Å²) in [6.07, 6.45) is 5.83. The van der Waals surface area contributed by atoms with E-state index in [1.165, 1.54) is 0 Å². The first kappa shape index (κ1) is 25.3. The number of nitrogens with zero attached hydrogens (tertiary/aromatic N) is 1. The van der Waals surface area contributed by atoms with Crippen LogP contribution in [0.3, 0.4) is 0 Å². The summed E-state index contributed by atoms with van der Waals surface area (Å²) in [5.41, 5.74) is 5.95. The van der Waals surface area contributed by atoms with E-state index in [4.69, 9.17) is 23.7 Å². The van der Waals surface area contributed by atoms with Crippen LogP contribution in [0.4, 0.5) is 0 Å². The molecule has 1 saturated heterocycles. The van der Waals surface area contributed by atoms with Crippen molar-refractivity contribution < 1.29 is 33.6 Å². The van der Waals surface area contributed by atoms with Crippen molar-refractivity contribution in [3.8, 4) is 28.7 Å². The standard InChI is InChI=1S/C30H32N2O7/c1-6-8-36-13-21-24-18(26(37-9-7-2)16(4)28-29(24)39-14-38-28)12-20-25-23-15(3)27(35-5)22(33)11-17(23)10-19(31-25)30(34)32(20)21/h6-7,11-12,19,21,25,31,33H,1-2,8-10,13-14H2,3-5H3/t19-,21-,25-/m0/s1. The quantitative estimate of drug-likeness (QED) is 0.389. The number of carbonyl (C=O) groups is 1. The maximum atomic E-state index is 14.1. The third-order valence-corrected chi connectivity index (χ3v) is 7.90. The normalized spacial score (nSPS) is 21.9. The molecule has 3 atom stereocenters. The van der Waals surface area contributed by atoms with Gasteiger partial charge in [0.25, 0.3) is 0 Å². The van der Waals surface area contributed by atoms with E-state index in [9.17, 15) is 9.90 Å². The summed E-state index contributed by atoms with van der Waals surface area (Å²) in [6, 6.07) is 0.442. The van der Waals surface area contributed by atoms with Gasteiger partial charge in [0.15, 0.2) is 23.0 Å². The lowest BCUT2D eigenvalue weighted by Crippen LogP contribution is -2.60. The molecule has 2 N–H and O–H groups in total. The average Bonchev–Trinajstić information content (AvgIpc) is 3.41. The molecule has 0 spiro atoms. The molecule has 2 aromatic rings. The van der Waals surface area contributed by atoms with Gasteiger partial charge in [-0.15, -0.1) is 6.58 Å². The van der Waals surface area contributed by atoms with Crippen LogP contribution >= 0.6 is 0 Å². The molecule has 0 unspecified atom stereocenters. The number of hydrogen-bond acceptors (Lipinski definition) is 8. The molecule has 0 aliphatic carbocycles. The highest BCUT2D eigenvalue weighted by Crippen LogP contribution is 2.56. The van der Waals surface area contributed by atoms with Crippen molar-refractivity contribution in [1.82, 2.24) is 10.2 Å². The molecule has 2 aromatic carbocycles. The van der Waals surface area contributed by atoms with Crippen molar-refractivity contribution in [2.75, 3.05) is 33.7 Å². The number of rotatable bonds is 8. The van der Waals surface area contributed by atoms with Gasteiger partial charge in [0, 0.05) is 28.0 Å². The molecule has 0 aromatic heterocycles. The predicted molar refractivity (Wildman–Crippen MR) is 144 cm³/mol. The molecule has 4 aliphatic heterocycles. The van der Waals surface area contributed by atoms with Crippen LogP contribution < -0.4 is 24.3 Å². The average molecular weight is 533 g/mol. The molecule has 2 bridgehead atoms. The van der Waals surface area contributed by atoms with Crippen molar-refractivity contribution in [2.24, 2.45) is 0 Å². The summed E-state index contributed by atoms with van der Waals surface area (Å²) in [4.78, 5) is 15.9. The molecule has 1 fully saturated rings. The number of phenolic OH excluding ortho intramolecular Hbond substituents is 1. The Morgan fingerprint density at radius 1 is 1.13 bits per heavy atom. The van der Waals surface area contributed by atoms with Crippen molar-refractivity contribution in [1.29, 1.82) is 0 Å².